The molecule has 17 heavy (non-hydrogen) atoms. The van der Waals surface area contributed by atoms with Gasteiger partial charge in [-0.05, 0) is 19.8 Å². The van der Waals surface area contributed by atoms with Crippen molar-refractivity contribution in [3.8, 4) is 0 Å². The molecule has 5 nitrogen and oxygen atoms in total. The van der Waals surface area contributed by atoms with Gasteiger partial charge in [-0.15, -0.1) is 11.3 Å². The zero-order valence-corrected chi connectivity index (χ0v) is 10.5. The SMILES string of the molecule is CC(N)c1nc(C(=O)OCC2CCCO2)cs1. The highest BCUT2D eigenvalue weighted by atomic mass is 32.1. The Balaban J connectivity index is 1.85. The number of aromatic nitrogens is 1. The van der Waals surface area contributed by atoms with Gasteiger partial charge in [0.25, 0.3) is 0 Å². The number of nitrogens with two attached hydrogens (primary N) is 1. The van der Waals surface area contributed by atoms with Gasteiger partial charge in [0, 0.05) is 12.0 Å². The highest BCUT2D eigenvalue weighted by Gasteiger charge is 2.19. The topological polar surface area (TPSA) is 74.4 Å². The third-order valence-corrected chi connectivity index (χ3v) is 3.59. The van der Waals surface area contributed by atoms with Gasteiger partial charge in [0.1, 0.15) is 11.6 Å². The molecule has 0 aromatic carbocycles. The van der Waals surface area contributed by atoms with Crippen LogP contribution >= 0.6 is 11.3 Å². The van der Waals surface area contributed by atoms with Crippen molar-refractivity contribution in [3.63, 3.8) is 0 Å². The summed E-state index contributed by atoms with van der Waals surface area (Å²) in [7, 11) is 0. The van der Waals surface area contributed by atoms with Crippen LogP contribution in [-0.4, -0.2) is 30.3 Å². The van der Waals surface area contributed by atoms with Gasteiger partial charge in [0.15, 0.2) is 5.69 Å². The molecule has 1 saturated heterocycles. The first-order valence-electron chi connectivity index (χ1n) is 5.66. The lowest BCUT2D eigenvalue weighted by Gasteiger charge is -2.08. The van der Waals surface area contributed by atoms with Gasteiger partial charge in [-0.2, -0.15) is 0 Å². The van der Waals surface area contributed by atoms with E-state index >= 15 is 0 Å². The molecule has 1 fully saturated rings. The number of rotatable bonds is 4. The number of hydrogen-bond acceptors (Lipinski definition) is 6. The summed E-state index contributed by atoms with van der Waals surface area (Å²) in [6, 6.07) is -0.153. The summed E-state index contributed by atoms with van der Waals surface area (Å²) in [4.78, 5) is 15.8. The second-order valence-electron chi connectivity index (χ2n) is 4.09. The van der Waals surface area contributed by atoms with Crippen molar-refractivity contribution in [2.75, 3.05) is 13.2 Å². The van der Waals surface area contributed by atoms with E-state index in [-0.39, 0.29) is 12.1 Å². The normalized spacial score (nSPS) is 21.4. The molecule has 0 radical (unpaired) electrons. The van der Waals surface area contributed by atoms with Crippen LogP contribution in [0, 0.1) is 0 Å². The molecule has 0 bridgehead atoms. The average molecular weight is 256 g/mol. The first kappa shape index (κ1) is 12.5. The fourth-order valence-electron chi connectivity index (χ4n) is 1.61. The van der Waals surface area contributed by atoms with E-state index < -0.39 is 5.97 Å². The Morgan fingerprint density at radius 3 is 3.24 bits per heavy atom. The molecule has 2 atom stereocenters. The van der Waals surface area contributed by atoms with Crippen LogP contribution in [0.25, 0.3) is 0 Å². The molecule has 1 aliphatic heterocycles. The van der Waals surface area contributed by atoms with Crippen LogP contribution in [0.1, 0.15) is 41.3 Å². The first-order chi connectivity index (χ1) is 8.16. The standard InChI is InChI=1S/C11H16N2O3S/c1-7(12)10-13-9(6-17-10)11(14)16-5-8-3-2-4-15-8/h6-8H,2-5,12H2,1H3. The van der Waals surface area contributed by atoms with E-state index in [2.05, 4.69) is 4.98 Å². The third kappa shape index (κ3) is 3.24. The molecule has 2 unspecified atom stereocenters. The van der Waals surface area contributed by atoms with Crippen LogP contribution in [0.15, 0.2) is 5.38 Å². The second kappa shape index (κ2) is 5.57. The molecule has 2 N–H and O–H groups in total. The quantitative estimate of drug-likeness (QED) is 0.826. The van der Waals surface area contributed by atoms with E-state index in [4.69, 9.17) is 15.2 Å². The maximum absolute atomic E-state index is 11.7. The largest absolute Gasteiger partial charge is 0.458 e. The van der Waals surface area contributed by atoms with Crippen molar-refractivity contribution >= 4 is 17.3 Å². The van der Waals surface area contributed by atoms with Gasteiger partial charge in [-0.3, -0.25) is 0 Å². The van der Waals surface area contributed by atoms with Crippen molar-refractivity contribution in [3.05, 3.63) is 16.1 Å². The van der Waals surface area contributed by atoms with Crippen LogP contribution < -0.4 is 5.73 Å². The molecule has 1 aromatic heterocycles. The van der Waals surface area contributed by atoms with Gasteiger partial charge in [-0.25, -0.2) is 9.78 Å². The van der Waals surface area contributed by atoms with Gasteiger partial charge in [0.05, 0.1) is 12.1 Å². The summed E-state index contributed by atoms with van der Waals surface area (Å²) in [5.41, 5.74) is 6.01. The molecule has 1 aromatic rings. The van der Waals surface area contributed by atoms with E-state index in [1.165, 1.54) is 11.3 Å². The predicted molar refractivity (Wildman–Crippen MR) is 64.0 cm³/mol. The summed E-state index contributed by atoms with van der Waals surface area (Å²) in [5.74, 6) is -0.399. The highest BCUT2D eigenvalue weighted by Crippen LogP contribution is 2.17. The van der Waals surface area contributed by atoms with Crippen molar-refractivity contribution in [2.24, 2.45) is 5.73 Å². The predicted octanol–water partition coefficient (Wildman–Crippen LogP) is 1.50. The molecule has 0 saturated carbocycles. The maximum atomic E-state index is 11.7. The minimum atomic E-state index is -0.399. The molecule has 6 heteroatoms. The van der Waals surface area contributed by atoms with Gasteiger partial charge in [0.2, 0.25) is 0 Å². The van der Waals surface area contributed by atoms with Crippen molar-refractivity contribution in [1.82, 2.24) is 4.98 Å². The Labute approximate surface area is 104 Å². The van der Waals surface area contributed by atoms with Gasteiger partial charge < -0.3 is 15.2 Å². The lowest BCUT2D eigenvalue weighted by Crippen LogP contribution is -2.18. The number of nitrogens with zero attached hydrogens (tertiary/aromatic N) is 1. The molecule has 94 valence electrons. The fraction of sp³-hybridized carbons (Fsp3) is 0.636. The van der Waals surface area contributed by atoms with Crippen molar-refractivity contribution in [1.29, 1.82) is 0 Å². The fourth-order valence-corrected chi connectivity index (χ4v) is 2.36. The molecule has 1 aliphatic rings. The molecule has 2 rings (SSSR count). The van der Waals surface area contributed by atoms with E-state index in [0.29, 0.717) is 12.3 Å². The van der Waals surface area contributed by atoms with Crippen LogP contribution in [-0.2, 0) is 9.47 Å². The number of carbonyl (C=O) groups is 1. The minimum absolute atomic E-state index is 0.0467. The van der Waals surface area contributed by atoms with Crippen LogP contribution in [0.2, 0.25) is 0 Å². The average Bonchev–Trinajstić information content (AvgIpc) is 2.96. The Morgan fingerprint density at radius 1 is 1.82 bits per heavy atom. The van der Waals surface area contributed by atoms with Gasteiger partial charge >= 0.3 is 5.97 Å². The number of esters is 1. The van der Waals surface area contributed by atoms with Crippen LogP contribution in [0.4, 0.5) is 0 Å². The van der Waals surface area contributed by atoms with Crippen molar-refractivity contribution in [2.45, 2.75) is 31.9 Å². The monoisotopic (exact) mass is 256 g/mol. The zero-order chi connectivity index (χ0) is 12.3. The molecular formula is C11H16N2O3S. The number of carbonyl (C=O) groups excluding carboxylic acids is 1. The Morgan fingerprint density at radius 2 is 2.65 bits per heavy atom. The van der Waals surface area contributed by atoms with E-state index in [9.17, 15) is 4.79 Å². The van der Waals surface area contributed by atoms with Crippen LogP contribution in [0.3, 0.4) is 0 Å². The lowest BCUT2D eigenvalue weighted by molar-refractivity contribution is 0.0157. The summed E-state index contributed by atoms with van der Waals surface area (Å²) in [6.45, 7) is 2.90. The summed E-state index contributed by atoms with van der Waals surface area (Å²) in [5, 5.41) is 2.42. The molecule has 0 aliphatic carbocycles. The summed E-state index contributed by atoms with van der Waals surface area (Å²) >= 11 is 1.38. The Bertz CT molecular complexity index is 386. The zero-order valence-electron chi connectivity index (χ0n) is 9.72. The number of thiazole rings is 1. The van der Waals surface area contributed by atoms with Gasteiger partial charge in [-0.1, -0.05) is 0 Å². The summed E-state index contributed by atoms with van der Waals surface area (Å²) < 4.78 is 10.5. The smallest absolute Gasteiger partial charge is 0.357 e. The van der Waals surface area contributed by atoms with Crippen LogP contribution in [0.5, 0.6) is 0 Å². The van der Waals surface area contributed by atoms with E-state index in [1.807, 2.05) is 6.92 Å². The maximum Gasteiger partial charge on any atom is 0.357 e. The summed E-state index contributed by atoms with van der Waals surface area (Å²) in [6.07, 6.45) is 2.04. The minimum Gasteiger partial charge on any atom is -0.458 e. The number of hydrogen-bond donors (Lipinski definition) is 1. The van der Waals surface area contributed by atoms with E-state index in [0.717, 1.165) is 24.5 Å². The molecular weight excluding hydrogens is 240 g/mol. The highest BCUT2D eigenvalue weighted by molar-refractivity contribution is 7.09. The Hall–Kier alpha value is -0.980. The Kier molecular flexibility index (Phi) is 4.09. The van der Waals surface area contributed by atoms with E-state index in [1.54, 1.807) is 5.38 Å². The first-order valence-corrected chi connectivity index (χ1v) is 6.54. The second-order valence-corrected chi connectivity index (χ2v) is 4.98. The van der Waals surface area contributed by atoms with Crippen molar-refractivity contribution < 1.29 is 14.3 Å². The molecule has 0 amide bonds. The number of ether oxygens (including phenoxy) is 2. The lowest BCUT2D eigenvalue weighted by atomic mass is 10.2. The molecule has 0 spiro atoms. The molecule has 2 heterocycles. The third-order valence-electron chi connectivity index (χ3n) is 2.54.